The molecule has 0 unspecified atom stereocenters. The number of benzene rings is 1. The SMILES string of the molecule is COc1ccc(Br)cc1CNOC(C)(C)C. The largest absolute Gasteiger partial charge is 0.496 e. The van der Waals surface area contributed by atoms with Crippen molar-refractivity contribution in [1.82, 2.24) is 5.48 Å². The Hall–Kier alpha value is -0.580. The molecule has 0 radical (unpaired) electrons. The summed E-state index contributed by atoms with van der Waals surface area (Å²) in [5, 5.41) is 0. The fourth-order valence-electron chi connectivity index (χ4n) is 1.22. The highest BCUT2D eigenvalue weighted by atomic mass is 79.9. The molecule has 16 heavy (non-hydrogen) atoms. The van der Waals surface area contributed by atoms with E-state index in [0.717, 1.165) is 15.8 Å². The summed E-state index contributed by atoms with van der Waals surface area (Å²) in [5.41, 5.74) is 3.80. The zero-order chi connectivity index (χ0) is 12.2. The molecule has 1 N–H and O–H groups in total. The number of hydrogen-bond acceptors (Lipinski definition) is 3. The van der Waals surface area contributed by atoms with Crippen LogP contribution in [0.1, 0.15) is 26.3 Å². The molecular formula is C12H18BrNO2. The standard InChI is InChI=1S/C12H18BrNO2/c1-12(2,3)16-14-8-9-7-10(13)5-6-11(9)15-4/h5-7,14H,8H2,1-4H3. The summed E-state index contributed by atoms with van der Waals surface area (Å²) >= 11 is 3.43. The van der Waals surface area contributed by atoms with Gasteiger partial charge in [0.2, 0.25) is 0 Å². The van der Waals surface area contributed by atoms with Gasteiger partial charge in [-0.2, -0.15) is 5.48 Å². The molecule has 0 aliphatic heterocycles. The Bertz CT molecular complexity index is 347. The summed E-state index contributed by atoms with van der Waals surface area (Å²) in [6.45, 7) is 6.61. The topological polar surface area (TPSA) is 30.5 Å². The second-order valence-electron chi connectivity index (χ2n) is 4.49. The molecule has 0 bridgehead atoms. The second-order valence-corrected chi connectivity index (χ2v) is 5.41. The second kappa shape index (κ2) is 5.66. The maximum absolute atomic E-state index is 5.45. The van der Waals surface area contributed by atoms with Gasteiger partial charge in [0, 0.05) is 16.6 Å². The molecule has 1 rings (SSSR count). The highest BCUT2D eigenvalue weighted by molar-refractivity contribution is 9.10. The van der Waals surface area contributed by atoms with E-state index in [2.05, 4.69) is 21.4 Å². The van der Waals surface area contributed by atoms with Crippen LogP contribution in [0, 0.1) is 0 Å². The quantitative estimate of drug-likeness (QED) is 0.862. The Morgan fingerprint density at radius 2 is 2.00 bits per heavy atom. The Balaban J connectivity index is 2.62. The Morgan fingerprint density at radius 1 is 1.31 bits per heavy atom. The van der Waals surface area contributed by atoms with E-state index in [9.17, 15) is 0 Å². The van der Waals surface area contributed by atoms with Crippen molar-refractivity contribution in [1.29, 1.82) is 0 Å². The minimum atomic E-state index is -0.195. The van der Waals surface area contributed by atoms with Crippen LogP contribution < -0.4 is 10.2 Å². The lowest BCUT2D eigenvalue weighted by Gasteiger charge is -2.20. The van der Waals surface area contributed by atoms with Crippen LogP contribution in [0.15, 0.2) is 22.7 Å². The third kappa shape index (κ3) is 4.51. The molecule has 4 heteroatoms. The van der Waals surface area contributed by atoms with Crippen LogP contribution in [0.25, 0.3) is 0 Å². The van der Waals surface area contributed by atoms with Gasteiger partial charge in [-0.25, -0.2) is 0 Å². The third-order valence-corrected chi connectivity index (χ3v) is 2.38. The van der Waals surface area contributed by atoms with Crippen molar-refractivity contribution in [3.8, 4) is 5.75 Å². The maximum atomic E-state index is 5.45. The number of methoxy groups -OCH3 is 1. The molecule has 90 valence electrons. The first-order valence-electron chi connectivity index (χ1n) is 5.15. The molecule has 0 fully saturated rings. The summed E-state index contributed by atoms with van der Waals surface area (Å²) in [7, 11) is 1.66. The predicted octanol–water partition coefficient (Wildman–Crippen LogP) is 3.28. The number of ether oxygens (including phenoxy) is 1. The first-order chi connectivity index (χ1) is 7.42. The van der Waals surface area contributed by atoms with Crippen LogP contribution in [0.3, 0.4) is 0 Å². The third-order valence-electron chi connectivity index (χ3n) is 1.88. The Labute approximate surface area is 105 Å². The number of hydroxylamine groups is 1. The maximum Gasteiger partial charge on any atom is 0.123 e. The van der Waals surface area contributed by atoms with E-state index >= 15 is 0 Å². The van der Waals surface area contributed by atoms with Crippen LogP contribution in [0.5, 0.6) is 5.75 Å². The summed E-state index contributed by atoms with van der Waals surface area (Å²) in [6, 6.07) is 5.89. The molecule has 0 aromatic heterocycles. The lowest BCUT2D eigenvalue weighted by atomic mass is 10.2. The van der Waals surface area contributed by atoms with E-state index in [1.165, 1.54) is 0 Å². The van der Waals surface area contributed by atoms with Gasteiger partial charge in [-0.05, 0) is 39.0 Å². The van der Waals surface area contributed by atoms with Gasteiger partial charge < -0.3 is 4.74 Å². The van der Waals surface area contributed by atoms with Crippen molar-refractivity contribution >= 4 is 15.9 Å². The molecule has 1 aromatic rings. The van der Waals surface area contributed by atoms with Gasteiger partial charge >= 0.3 is 0 Å². The molecule has 1 aromatic carbocycles. The minimum Gasteiger partial charge on any atom is -0.496 e. The van der Waals surface area contributed by atoms with Crippen LogP contribution in [0.2, 0.25) is 0 Å². The molecule has 0 aliphatic carbocycles. The van der Waals surface area contributed by atoms with E-state index in [-0.39, 0.29) is 5.60 Å². The fraction of sp³-hybridized carbons (Fsp3) is 0.500. The monoisotopic (exact) mass is 287 g/mol. The number of hydrogen-bond donors (Lipinski definition) is 1. The molecular weight excluding hydrogens is 270 g/mol. The van der Waals surface area contributed by atoms with Crippen molar-refractivity contribution in [2.75, 3.05) is 7.11 Å². The smallest absolute Gasteiger partial charge is 0.123 e. The molecule has 0 saturated heterocycles. The number of rotatable bonds is 4. The molecule has 0 heterocycles. The van der Waals surface area contributed by atoms with Gasteiger partial charge in [-0.3, -0.25) is 4.84 Å². The highest BCUT2D eigenvalue weighted by Crippen LogP contribution is 2.22. The van der Waals surface area contributed by atoms with Gasteiger partial charge in [-0.1, -0.05) is 15.9 Å². The van der Waals surface area contributed by atoms with Crippen molar-refractivity contribution in [3.63, 3.8) is 0 Å². The van der Waals surface area contributed by atoms with E-state index in [4.69, 9.17) is 9.57 Å². The molecule has 0 amide bonds. The summed E-state index contributed by atoms with van der Waals surface area (Å²) in [6.07, 6.45) is 0. The van der Waals surface area contributed by atoms with Crippen LogP contribution in [-0.4, -0.2) is 12.7 Å². The van der Waals surface area contributed by atoms with Gasteiger partial charge in [0.05, 0.1) is 12.7 Å². The average molecular weight is 288 g/mol. The zero-order valence-corrected chi connectivity index (χ0v) is 11.7. The normalized spacial score (nSPS) is 11.6. The summed E-state index contributed by atoms with van der Waals surface area (Å²) in [5.74, 6) is 0.855. The number of halogens is 1. The van der Waals surface area contributed by atoms with Crippen molar-refractivity contribution in [2.45, 2.75) is 32.9 Å². The summed E-state index contributed by atoms with van der Waals surface area (Å²) < 4.78 is 6.30. The van der Waals surface area contributed by atoms with Crippen molar-refractivity contribution < 1.29 is 9.57 Å². The Kier molecular flexibility index (Phi) is 4.77. The van der Waals surface area contributed by atoms with Crippen molar-refractivity contribution in [3.05, 3.63) is 28.2 Å². The molecule has 0 saturated carbocycles. The molecule has 3 nitrogen and oxygen atoms in total. The summed E-state index contributed by atoms with van der Waals surface area (Å²) in [4.78, 5) is 5.45. The zero-order valence-electron chi connectivity index (χ0n) is 10.1. The van der Waals surface area contributed by atoms with E-state index in [1.54, 1.807) is 7.11 Å². The minimum absolute atomic E-state index is 0.195. The highest BCUT2D eigenvalue weighted by Gasteiger charge is 2.11. The van der Waals surface area contributed by atoms with Crippen LogP contribution in [0.4, 0.5) is 0 Å². The van der Waals surface area contributed by atoms with Crippen LogP contribution in [-0.2, 0) is 11.4 Å². The van der Waals surface area contributed by atoms with Gasteiger partial charge in [0.25, 0.3) is 0 Å². The van der Waals surface area contributed by atoms with Gasteiger partial charge in [-0.15, -0.1) is 0 Å². The fourth-order valence-corrected chi connectivity index (χ4v) is 1.62. The van der Waals surface area contributed by atoms with Crippen LogP contribution >= 0.6 is 15.9 Å². The lowest BCUT2D eigenvalue weighted by Crippen LogP contribution is -2.28. The first kappa shape index (κ1) is 13.5. The van der Waals surface area contributed by atoms with E-state index in [0.29, 0.717) is 6.54 Å². The molecule has 0 aliphatic rings. The predicted molar refractivity (Wildman–Crippen MR) is 68.4 cm³/mol. The van der Waals surface area contributed by atoms with Crippen molar-refractivity contribution in [2.24, 2.45) is 0 Å². The van der Waals surface area contributed by atoms with Gasteiger partial charge in [0.1, 0.15) is 5.75 Å². The molecule has 0 atom stereocenters. The number of nitrogens with one attached hydrogen (secondary N) is 1. The first-order valence-corrected chi connectivity index (χ1v) is 5.95. The van der Waals surface area contributed by atoms with E-state index < -0.39 is 0 Å². The van der Waals surface area contributed by atoms with E-state index in [1.807, 2.05) is 39.0 Å². The average Bonchev–Trinajstić information content (AvgIpc) is 2.16. The lowest BCUT2D eigenvalue weighted by molar-refractivity contribution is -0.0759. The van der Waals surface area contributed by atoms with Gasteiger partial charge in [0.15, 0.2) is 0 Å². The molecule has 0 spiro atoms. The Morgan fingerprint density at radius 3 is 2.56 bits per heavy atom.